The molecule has 0 aliphatic carbocycles. The maximum Gasteiger partial charge on any atom is 0.192 e. The van der Waals surface area contributed by atoms with Crippen LogP contribution in [0.2, 0.25) is 0 Å². The van der Waals surface area contributed by atoms with Gasteiger partial charge in [-0.05, 0) is 0 Å². The Hall–Kier alpha value is -2.57. The SMILES string of the molecule is [Si]C(c1nn[nH]n1)(c1nn[nH]n1)c1nn[nH]n1. The molecule has 0 saturated heterocycles. The molecule has 12 nitrogen and oxygen atoms in total. The van der Waals surface area contributed by atoms with Gasteiger partial charge in [-0.15, -0.1) is 30.6 Å². The Morgan fingerprint density at radius 1 is 0.706 bits per heavy atom. The fraction of sp³-hybridized carbons (Fsp3) is 0.250. The topological polar surface area (TPSA) is 163 Å². The Labute approximate surface area is 95.4 Å². The van der Waals surface area contributed by atoms with Crippen LogP contribution in [0.25, 0.3) is 0 Å². The number of rotatable bonds is 3. The molecule has 0 saturated carbocycles. The maximum atomic E-state index is 3.86. The number of nitrogens with zero attached hydrogens (tertiary/aromatic N) is 9. The van der Waals surface area contributed by atoms with Crippen molar-refractivity contribution in [2.24, 2.45) is 0 Å². The molecule has 0 aliphatic heterocycles. The molecule has 3 aromatic rings. The first kappa shape index (κ1) is 9.64. The second kappa shape index (κ2) is 3.48. The van der Waals surface area contributed by atoms with Crippen molar-refractivity contribution in [3.63, 3.8) is 0 Å². The molecule has 17 heavy (non-hydrogen) atoms. The zero-order valence-electron chi connectivity index (χ0n) is 8.02. The van der Waals surface area contributed by atoms with Crippen LogP contribution in [0.15, 0.2) is 0 Å². The fourth-order valence-corrected chi connectivity index (χ4v) is 1.58. The molecule has 0 unspecified atom stereocenters. The van der Waals surface area contributed by atoms with Crippen LogP contribution in [-0.4, -0.2) is 72.1 Å². The smallest absolute Gasteiger partial charge is 0.177 e. The molecule has 3 radical (unpaired) electrons. The quantitative estimate of drug-likeness (QED) is 0.402. The Kier molecular flexibility index (Phi) is 1.97. The van der Waals surface area contributed by atoms with Gasteiger partial charge in [-0.1, -0.05) is 15.6 Å². The van der Waals surface area contributed by atoms with Gasteiger partial charge in [0.15, 0.2) is 17.5 Å². The molecule has 3 N–H and O–H groups in total. The van der Waals surface area contributed by atoms with E-state index in [0.717, 1.165) is 0 Å². The third-order valence-corrected chi connectivity index (χ3v) is 2.71. The summed E-state index contributed by atoms with van der Waals surface area (Å²) in [7, 11) is 3.45. The zero-order chi connectivity index (χ0) is 11.7. The highest BCUT2D eigenvalue weighted by atomic mass is 28.1. The van der Waals surface area contributed by atoms with Crippen molar-refractivity contribution in [2.45, 2.75) is 5.04 Å². The molecule has 3 heterocycles. The minimum Gasteiger partial charge on any atom is -0.177 e. The van der Waals surface area contributed by atoms with E-state index >= 15 is 0 Å². The normalized spacial score (nSPS) is 11.8. The lowest BCUT2D eigenvalue weighted by molar-refractivity contribution is 0.677. The third kappa shape index (κ3) is 1.32. The first-order valence-corrected chi connectivity index (χ1v) is 4.78. The van der Waals surface area contributed by atoms with Crippen molar-refractivity contribution in [3.8, 4) is 0 Å². The van der Waals surface area contributed by atoms with E-state index in [-0.39, 0.29) is 17.5 Å². The third-order valence-electron chi connectivity index (χ3n) is 2.04. The second-order valence-electron chi connectivity index (χ2n) is 2.96. The summed E-state index contributed by atoms with van der Waals surface area (Å²) in [5, 5.41) is 39.4. The monoisotopic (exact) mass is 247 g/mol. The van der Waals surface area contributed by atoms with Crippen molar-refractivity contribution < 1.29 is 0 Å². The Morgan fingerprint density at radius 2 is 1.06 bits per heavy atom. The standard InChI is InChI=1S/C4H3N12Si/c17-4(1-5-11-12-6-1,2-7-13-14-8-2)3-9-15-16-10-3/h(H,5,6,11,12)(H,7,8,13,14)(H,9,10,15,16). The molecule has 0 atom stereocenters. The van der Waals surface area contributed by atoms with Crippen LogP contribution in [0.5, 0.6) is 0 Å². The predicted octanol–water partition coefficient (Wildman–Crippen LogP) is -3.31. The lowest BCUT2D eigenvalue weighted by Crippen LogP contribution is -2.34. The van der Waals surface area contributed by atoms with Crippen molar-refractivity contribution in [2.75, 3.05) is 0 Å². The first-order chi connectivity index (χ1) is 8.32. The van der Waals surface area contributed by atoms with E-state index in [9.17, 15) is 0 Å². The molecule has 0 aliphatic rings. The van der Waals surface area contributed by atoms with Gasteiger partial charge < -0.3 is 0 Å². The molecular weight excluding hydrogens is 244 g/mol. The summed E-state index contributed by atoms with van der Waals surface area (Å²) in [5.74, 6) is 0.700. The molecule has 0 aromatic carbocycles. The zero-order valence-corrected chi connectivity index (χ0v) is 9.02. The first-order valence-electron chi connectivity index (χ1n) is 4.28. The summed E-state index contributed by atoms with van der Waals surface area (Å²) >= 11 is 0. The van der Waals surface area contributed by atoms with Crippen LogP contribution in [0.3, 0.4) is 0 Å². The molecule has 83 valence electrons. The number of H-pyrrole nitrogens is 3. The molecule has 0 bridgehead atoms. The number of aromatic nitrogens is 12. The van der Waals surface area contributed by atoms with Crippen molar-refractivity contribution in [3.05, 3.63) is 17.5 Å². The van der Waals surface area contributed by atoms with Crippen molar-refractivity contribution in [1.29, 1.82) is 0 Å². The summed E-state index contributed by atoms with van der Waals surface area (Å²) in [6.45, 7) is 0. The van der Waals surface area contributed by atoms with Gasteiger partial charge in [0.1, 0.15) is 5.04 Å². The lowest BCUT2D eigenvalue weighted by atomic mass is 10.1. The minimum atomic E-state index is -1.17. The van der Waals surface area contributed by atoms with E-state index in [0.29, 0.717) is 0 Å². The van der Waals surface area contributed by atoms with Crippen LogP contribution in [-0.2, 0) is 5.04 Å². The number of nitrogens with one attached hydrogen (secondary N) is 3. The molecular formula is C4H3N12Si. The highest BCUT2D eigenvalue weighted by Crippen LogP contribution is 2.27. The molecule has 0 spiro atoms. The van der Waals surface area contributed by atoms with Gasteiger partial charge in [0.2, 0.25) is 0 Å². The van der Waals surface area contributed by atoms with Crippen LogP contribution in [0, 0.1) is 0 Å². The number of hydrogen-bond donors (Lipinski definition) is 3. The summed E-state index contributed by atoms with van der Waals surface area (Å²) in [5.41, 5.74) is 0. The van der Waals surface area contributed by atoms with Gasteiger partial charge in [0.25, 0.3) is 0 Å². The predicted molar refractivity (Wildman–Crippen MR) is 48.2 cm³/mol. The lowest BCUT2D eigenvalue weighted by Gasteiger charge is -2.16. The molecule has 13 heteroatoms. The largest absolute Gasteiger partial charge is 0.192 e. The van der Waals surface area contributed by atoms with Crippen LogP contribution in [0.4, 0.5) is 0 Å². The van der Waals surface area contributed by atoms with Gasteiger partial charge in [-0.3, -0.25) is 0 Å². The van der Waals surface area contributed by atoms with Gasteiger partial charge in [0, 0.05) is 0 Å². The summed E-state index contributed by atoms with van der Waals surface area (Å²) in [4.78, 5) is 0. The van der Waals surface area contributed by atoms with E-state index in [4.69, 9.17) is 0 Å². The maximum absolute atomic E-state index is 3.86. The number of tetrazole rings is 3. The van der Waals surface area contributed by atoms with E-state index in [1.54, 1.807) is 0 Å². The van der Waals surface area contributed by atoms with E-state index in [2.05, 4.69) is 72.1 Å². The van der Waals surface area contributed by atoms with Crippen molar-refractivity contribution in [1.82, 2.24) is 61.9 Å². The Balaban J connectivity index is 2.21. The van der Waals surface area contributed by atoms with Crippen LogP contribution < -0.4 is 0 Å². The Morgan fingerprint density at radius 3 is 1.29 bits per heavy atom. The van der Waals surface area contributed by atoms with E-state index in [1.165, 1.54) is 0 Å². The highest BCUT2D eigenvalue weighted by Gasteiger charge is 2.43. The van der Waals surface area contributed by atoms with Crippen LogP contribution in [0.1, 0.15) is 17.5 Å². The molecule has 3 aromatic heterocycles. The van der Waals surface area contributed by atoms with Gasteiger partial charge in [-0.25, -0.2) is 0 Å². The molecule has 0 amide bonds. The average molecular weight is 247 g/mol. The summed E-state index contributed by atoms with van der Waals surface area (Å²) in [6.07, 6.45) is 0. The molecule has 3 rings (SSSR count). The van der Waals surface area contributed by atoms with Crippen molar-refractivity contribution >= 4 is 10.2 Å². The van der Waals surface area contributed by atoms with Crippen LogP contribution >= 0.6 is 0 Å². The number of hydrogen-bond acceptors (Lipinski definition) is 9. The van der Waals surface area contributed by atoms with Gasteiger partial charge >= 0.3 is 0 Å². The second-order valence-corrected chi connectivity index (χ2v) is 3.71. The number of aromatic amines is 3. The highest BCUT2D eigenvalue weighted by molar-refractivity contribution is 6.19. The molecule has 0 fully saturated rings. The van der Waals surface area contributed by atoms with E-state index in [1.807, 2.05) is 0 Å². The van der Waals surface area contributed by atoms with Gasteiger partial charge in [-0.2, -0.15) is 15.6 Å². The summed E-state index contributed by atoms with van der Waals surface area (Å²) in [6, 6.07) is 0. The minimum absolute atomic E-state index is 0.233. The van der Waals surface area contributed by atoms with Gasteiger partial charge in [0.05, 0.1) is 10.2 Å². The summed E-state index contributed by atoms with van der Waals surface area (Å²) < 4.78 is 0. The fourth-order valence-electron chi connectivity index (χ4n) is 1.26. The van der Waals surface area contributed by atoms with E-state index < -0.39 is 5.04 Å². The Bertz CT molecular complexity index is 482. The average Bonchev–Trinajstić information content (AvgIpc) is 3.10.